The average molecular weight is 315 g/mol. The van der Waals surface area contributed by atoms with E-state index in [1.54, 1.807) is 0 Å². The lowest BCUT2D eigenvalue weighted by molar-refractivity contribution is -0.136. The Balaban J connectivity index is 1.49. The molecule has 0 unspecified atom stereocenters. The highest BCUT2D eigenvalue weighted by atomic mass is 16.5. The number of aromatic nitrogens is 2. The zero-order chi connectivity index (χ0) is 15.8. The third kappa shape index (κ3) is 2.57. The summed E-state index contributed by atoms with van der Waals surface area (Å²) in [6.07, 6.45) is 2.48. The van der Waals surface area contributed by atoms with E-state index in [0.29, 0.717) is 26.3 Å². The van der Waals surface area contributed by atoms with E-state index < -0.39 is 0 Å². The van der Waals surface area contributed by atoms with Crippen LogP contribution in [-0.4, -0.2) is 46.7 Å². The third-order valence-electron chi connectivity index (χ3n) is 5.04. The zero-order valence-corrected chi connectivity index (χ0v) is 13.0. The Morgan fingerprint density at radius 3 is 2.70 bits per heavy atom. The van der Waals surface area contributed by atoms with Gasteiger partial charge < -0.3 is 14.6 Å². The highest BCUT2D eigenvalue weighted by Crippen LogP contribution is 2.26. The van der Waals surface area contributed by atoms with Gasteiger partial charge in [-0.05, 0) is 31.4 Å². The Bertz CT molecular complexity index is 765. The molecular weight excluding hydrogens is 294 g/mol. The second-order valence-electron chi connectivity index (χ2n) is 6.43. The molecule has 1 atom stereocenters. The van der Waals surface area contributed by atoms with Crippen molar-refractivity contribution in [3.8, 4) is 0 Å². The third-order valence-corrected chi connectivity index (χ3v) is 5.04. The van der Waals surface area contributed by atoms with Gasteiger partial charge in [-0.1, -0.05) is 12.1 Å². The number of H-pyrrole nitrogens is 1. The SMILES string of the molecule is O=C([C@@H]1CCOC1)N1CCC(n2c(=O)[nH]c3ccccc32)CC1. The molecule has 2 aliphatic rings. The highest BCUT2D eigenvalue weighted by Gasteiger charge is 2.31. The van der Waals surface area contributed by atoms with E-state index in [0.717, 1.165) is 30.3 Å². The molecular formula is C17H21N3O3. The average Bonchev–Trinajstić information content (AvgIpc) is 3.21. The number of fused-ring (bicyclic) bond motifs is 1. The number of benzene rings is 1. The number of nitrogens with one attached hydrogen (secondary N) is 1. The maximum absolute atomic E-state index is 12.4. The van der Waals surface area contributed by atoms with Crippen LogP contribution < -0.4 is 5.69 Å². The first-order valence-corrected chi connectivity index (χ1v) is 8.30. The van der Waals surface area contributed by atoms with Crippen LogP contribution in [0.4, 0.5) is 0 Å². The Morgan fingerprint density at radius 2 is 1.96 bits per heavy atom. The summed E-state index contributed by atoms with van der Waals surface area (Å²) in [4.78, 5) is 29.6. The molecule has 23 heavy (non-hydrogen) atoms. The summed E-state index contributed by atoms with van der Waals surface area (Å²) in [6, 6.07) is 7.92. The second kappa shape index (κ2) is 5.85. The number of aromatic amines is 1. The molecule has 2 saturated heterocycles. The second-order valence-corrected chi connectivity index (χ2v) is 6.43. The van der Waals surface area contributed by atoms with Crippen molar-refractivity contribution in [3.05, 3.63) is 34.7 Å². The number of amides is 1. The summed E-state index contributed by atoms with van der Waals surface area (Å²) in [5.41, 5.74) is 1.77. The number of carbonyl (C=O) groups is 1. The predicted octanol–water partition coefficient (Wildman–Crippen LogP) is 1.53. The number of carbonyl (C=O) groups excluding carboxylic acids is 1. The largest absolute Gasteiger partial charge is 0.381 e. The van der Waals surface area contributed by atoms with Crippen LogP contribution in [0.3, 0.4) is 0 Å². The quantitative estimate of drug-likeness (QED) is 0.914. The molecule has 6 nitrogen and oxygen atoms in total. The Morgan fingerprint density at radius 1 is 1.17 bits per heavy atom. The van der Waals surface area contributed by atoms with Gasteiger partial charge in [-0.15, -0.1) is 0 Å². The number of nitrogens with zero attached hydrogens (tertiary/aromatic N) is 2. The molecule has 4 rings (SSSR count). The predicted molar refractivity (Wildman–Crippen MR) is 86.3 cm³/mol. The fourth-order valence-corrected chi connectivity index (χ4v) is 3.77. The minimum absolute atomic E-state index is 0.0300. The van der Waals surface area contributed by atoms with E-state index in [1.807, 2.05) is 33.7 Å². The number of ether oxygens (including phenoxy) is 1. The van der Waals surface area contributed by atoms with E-state index in [2.05, 4.69) is 4.98 Å². The molecule has 0 spiro atoms. The van der Waals surface area contributed by atoms with Crippen molar-refractivity contribution in [2.24, 2.45) is 5.92 Å². The van der Waals surface area contributed by atoms with Crippen LogP contribution in [0.5, 0.6) is 0 Å². The van der Waals surface area contributed by atoms with Gasteiger partial charge in [0, 0.05) is 25.7 Å². The van der Waals surface area contributed by atoms with E-state index in [9.17, 15) is 9.59 Å². The lowest BCUT2D eigenvalue weighted by Gasteiger charge is -2.33. The minimum atomic E-state index is -0.0554. The first-order chi connectivity index (χ1) is 11.2. The molecule has 0 saturated carbocycles. The Labute approximate surface area is 134 Å². The van der Waals surface area contributed by atoms with Crippen molar-refractivity contribution in [1.82, 2.24) is 14.5 Å². The molecule has 3 heterocycles. The van der Waals surface area contributed by atoms with Crippen molar-refractivity contribution >= 4 is 16.9 Å². The summed E-state index contributed by atoms with van der Waals surface area (Å²) in [7, 11) is 0. The molecule has 2 aliphatic heterocycles. The van der Waals surface area contributed by atoms with Gasteiger partial charge in [0.1, 0.15) is 0 Å². The number of hydrogen-bond donors (Lipinski definition) is 1. The van der Waals surface area contributed by atoms with Gasteiger partial charge >= 0.3 is 5.69 Å². The minimum Gasteiger partial charge on any atom is -0.381 e. The normalized spacial score (nSPS) is 22.8. The zero-order valence-electron chi connectivity index (χ0n) is 13.0. The highest BCUT2D eigenvalue weighted by molar-refractivity contribution is 5.79. The topological polar surface area (TPSA) is 67.3 Å². The maximum atomic E-state index is 12.4. The van der Waals surface area contributed by atoms with E-state index >= 15 is 0 Å². The van der Waals surface area contributed by atoms with Gasteiger partial charge in [0.25, 0.3) is 0 Å². The van der Waals surface area contributed by atoms with E-state index in [4.69, 9.17) is 4.74 Å². The standard InChI is InChI=1S/C17H21N3O3/c21-16(12-7-10-23-11-12)19-8-5-13(6-9-19)20-15-4-2-1-3-14(15)18-17(20)22/h1-4,12-13H,5-11H2,(H,18,22)/t12-/m1/s1. The lowest BCUT2D eigenvalue weighted by Crippen LogP contribution is -2.43. The van der Waals surface area contributed by atoms with Crippen LogP contribution in [0.1, 0.15) is 25.3 Å². The van der Waals surface area contributed by atoms with Crippen molar-refractivity contribution < 1.29 is 9.53 Å². The van der Waals surface area contributed by atoms with Gasteiger partial charge in [0.2, 0.25) is 5.91 Å². The molecule has 1 N–H and O–H groups in total. The van der Waals surface area contributed by atoms with Gasteiger partial charge in [0.05, 0.1) is 23.6 Å². The van der Waals surface area contributed by atoms with Crippen LogP contribution in [0, 0.1) is 5.92 Å². The van der Waals surface area contributed by atoms with Crippen LogP contribution in [0.2, 0.25) is 0 Å². The van der Waals surface area contributed by atoms with Crippen molar-refractivity contribution in [2.45, 2.75) is 25.3 Å². The fourth-order valence-electron chi connectivity index (χ4n) is 3.77. The van der Waals surface area contributed by atoms with Crippen LogP contribution in [-0.2, 0) is 9.53 Å². The lowest BCUT2D eigenvalue weighted by atomic mass is 10.0. The van der Waals surface area contributed by atoms with E-state index in [1.165, 1.54) is 0 Å². The summed E-state index contributed by atoms with van der Waals surface area (Å²) < 4.78 is 7.17. The molecule has 2 fully saturated rings. The van der Waals surface area contributed by atoms with Gasteiger partial charge in [-0.25, -0.2) is 4.79 Å². The van der Waals surface area contributed by atoms with Crippen LogP contribution in [0.25, 0.3) is 11.0 Å². The number of imidazole rings is 1. The molecule has 0 aliphatic carbocycles. The summed E-state index contributed by atoms with van der Waals surface area (Å²) in [6.45, 7) is 2.68. The number of hydrogen-bond acceptors (Lipinski definition) is 3. The molecule has 0 radical (unpaired) electrons. The Hall–Kier alpha value is -2.08. The van der Waals surface area contributed by atoms with Crippen LogP contribution in [0.15, 0.2) is 29.1 Å². The Kier molecular flexibility index (Phi) is 3.69. The molecule has 6 heteroatoms. The summed E-state index contributed by atoms with van der Waals surface area (Å²) >= 11 is 0. The smallest absolute Gasteiger partial charge is 0.326 e. The molecule has 1 aromatic carbocycles. The monoisotopic (exact) mass is 315 g/mol. The molecule has 2 aromatic rings. The molecule has 122 valence electrons. The first kappa shape index (κ1) is 14.5. The molecule has 1 aromatic heterocycles. The number of piperidine rings is 1. The van der Waals surface area contributed by atoms with E-state index in [-0.39, 0.29) is 23.6 Å². The van der Waals surface area contributed by atoms with Gasteiger partial charge in [-0.2, -0.15) is 0 Å². The van der Waals surface area contributed by atoms with Gasteiger partial charge in [-0.3, -0.25) is 9.36 Å². The fraction of sp³-hybridized carbons (Fsp3) is 0.529. The number of rotatable bonds is 2. The summed E-state index contributed by atoms with van der Waals surface area (Å²) in [5, 5.41) is 0. The van der Waals surface area contributed by atoms with Gasteiger partial charge in [0.15, 0.2) is 0 Å². The van der Waals surface area contributed by atoms with Crippen molar-refractivity contribution in [2.75, 3.05) is 26.3 Å². The molecule has 0 bridgehead atoms. The molecule has 1 amide bonds. The summed E-state index contributed by atoms with van der Waals surface area (Å²) in [5.74, 6) is 0.245. The van der Waals surface area contributed by atoms with Crippen molar-refractivity contribution in [3.63, 3.8) is 0 Å². The first-order valence-electron chi connectivity index (χ1n) is 8.30. The number of likely N-dealkylation sites (tertiary alicyclic amines) is 1. The van der Waals surface area contributed by atoms with Crippen LogP contribution >= 0.6 is 0 Å². The van der Waals surface area contributed by atoms with Crippen molar-refractivity contribution in [1.29, 1.82) is 0 Å². The number of para-hydroxylation sites is 2. The maximum Gasteiger partial charge on any atom is 0.326 e.